The van der Waals surface area contributed by atoms with E-state index in [1.807, 2.05) is 4.90 Å². The molecule has 4 heteroatoms. The fourth-order valence-electron chi connectivity index (χ4n) is 2.86. The van der Waals surface area contributed by atoms with Gasteiger partial charge in [-0.3, -0.25) is 4.79 Å². The molecular weight excluding hydrogens is 204 g/mol. The Labute approximate surface area is 97.0 Å². The smallest absolute Gasteiger partial charge is 0.227 e. The number of carbonyl (C=O) groups excluding carboxylic acids is 1. The first-order chi connectivity index (χ1) is 7.74. The van der Waals surface area contributed by atoms with Gasteiger partial charge in [0, 0.05) is 13.1 Å². The van der Waals surface area contributed by atoms with E-state index in [-0.39, 0.29) is 24.5 Å². The number of nitrogens with zero attached hydrogens (tertiary/aromatic N) is 1. The second-order valence-electron chi connectivity index (χ2n) is 5.09. The molecule has 92 valence electrons. The van der Waals surface area contributed by atoms with Gasteiger partial charge in [-0.25, -0.2) is 0 Å². The minimum atomic E-state index is 0.0504. The van der Waals surface area contributed by atoms with Crippen molar-refractivity contribution in [2.24, 2.45) is 11.8 Å². The predicted octanol–water partition coefficient (Wildman–Crippen LogP) is 0.215. The number of hydrogen-bond acceptors (Lipinski definition) is 3. The summed E-state index contributed by atoms with van der Waals surface area (Å²) in [7, 11) is 0. The molecule has 2 N–H and O–H groups in total. The fourth-order valence-corrected chi connectivity index (χ4v) is 2.86. The zero-order chi connectivity index (χ0) is 11.5. The van der Waals surface area contributed by atoms with E-state index in [4.69, 9.17) is 0 Å². The van der Waals surface area contributed by atoms with Gasteiger partial charge in [0.1, 0.15) is 0 Å². The Kier molecular flexibility index (Phi) is 3.82. The normalized spacial score (nSPS) is 35.4. The molecule has 0 aromatic rings. The van der Waals surface area contributed by atoms with Crippen LogP contribution in [0.4, 0.5) is 0 Å². The Bertz CT molecular complexity index is 251. The Morgan fingerprint density at radius 3 is 2.94 bits per heavy atom. The summed E-state index contributed by atoms with van der Waals surface area (Å²) in [5.74, 6) is 0.814. The molecule has 3 atom stereocenters. The van der Waals surface area contributed by atoms with Crippen molar-refractivity contribution in [2.45, 2.75) is 32.2 Å². The Balaban J connectivity index is 1.97. The summed E-state index contributed by atoms with van der Waals surface area (Å²) in [5.41, 5.74) is 0. The van der Waals surface area contributed by atoms with Gasteiger partial charge < -0.3 is 15.3 Å². The molecule has 0 aromatic carbocycles. The van der Waals surface area contributed by atoms with E-state index in [1.54, 1.807) is 0 Å². The second kappa shape index (κ2) is 5.15. The molecule has 2 aliphatic heterocycles. The van der Waals surface area contributed by atoms with Crippen LogP contribution in [0.1, 0.15) is 26.2 Å². The topological polar surface area (TPSA) is 52.6 Å². The van der Waals surface area contributed by atoms with E-state index in [0.29, 0.717) is 5.92 Å². The zero-order valence-electron chi connectivity index (χ0n) is 9.98. The van der Waals surface area contributed by atoms with Crippen LogP contribution in [0.3, 0.4) is 0 Å². The van der Waals surface area contributed by atoms with Crippen LogP contribution < -0.4 is 5.32 Å². The van der Waals surface area contributed by atoms with Gasteiger partial charge >= 0.3 is 0 Å². The molecular formula is C12H22N2O2. The molecule has 0 aromatic heterocycles. The molecule has 0 radical (unpaired) electrons. The number of rotatable bonds is 2. The third-order valence-electron chi connectivity index (χ3n) is 4.00. The molecule has 0 bridgehead atoms. The van der Waals surface area contributed by atoms with Crippen LogP contribution >= 0.6 is 0 Å². The van der Waals surface area contributed by atoms with Crippen LogP contribution in [-0.4, -0.2) is 48.2 Å². The number of nitrogens with one attached hydrogen (secondary N) is 1. The number of piperidine rings is 1. The summed E-state index contributed by atoms with van der Waals surface area (Å²) in [5, 5.41) is 12.6. The second-order valence-corrected chi connectivity index (χ2v) is 5.09. The zero-order valence-corrected chi connectivity index (χ0v) is 9.98. The van der Waals surface area contributed by atoms with Crippen LogP contribution in [0.25, 0.3) is 0 Å². The molecule has 4 nitrogen and oxygen atoms in total. The summed E-state index contributed by atoms with van der Waals surface area (Å²) in [6.07, 6.45) is 3.11. The third-order valence-corrected chi connectivity index (χ3v) is 4.00. The van der Waals surface area contributed by atoms with E-state index in [2.05, 4.69) is 12.2 Å². The van der Waals surface area contributed by atoms with Gasteiger partial charge in [-0.15, -0.1) is 0 Å². The molecule has 16 heavy (non-hydrogen) atoms. The summed E-state index contributed by atoms with van der Waals surface area (Å²) in [4.78, 5) is 14.2. The number of hydrogen-bond donors (Lipinski definition) is 2. The molecule has 2 fully saturated rings. The van der Waals surface area contributed by atoms with E-state index < -0.39 is 0 Å². The van der Waals surface area contributed by atoms with E-state index >= 15 is 0 Å². The molecule has 2 rings (SSSR count). The summed E-state index contributed by atoms with van der Waals surface area (Å²) >= 11 is 0. The largest absolute Gasteiger partial charge is 0.394 e. The lowest BCUT2D eigenvalue weighted by Gasteiger charge is -2.31. The van der Waals surface area contributed by atoms with E-state index in [1.165, 1.54) is 0 Å². The maximum atomic E-state index is 12.3. The fraction of sp³-hybridized carbons (Fsp3) is 0.917. The minimum absolute atomic E-state index is 0.0504. The van der Waals surface area contributed by atoms with Crippen molar-refractivity contribution in [1.29, 1.82) is 0 Å². The SMILES string of the molecule is CC1CCN(C(=O)[C@@H]2CCCNC2)C1CO. The lowest BCUT2D eigenvalue weighted by atomic mass is 9.97. The van der Waals surface area contributed by atoms with Gasteiger partial charge in [0.05, 0.1) is 18.6 Å². The van der Waals surface area contributed by atoms with Crippen molar-refractivity contribution >= 4 is 5.91 Å². The Hall–Kier alpha value is -0.610. The van der Waals surface area contributed by atoms with Crippen molar-refractivity contribution in [2.75, 3.05) is 26.2 Å². The average molecular weight is 226 g/mol. The first kappa shape index (κ1) is 11.9. The molecule has 2 aliphatic rings. The highest BCUT2D eigenvalue weighted by Gasteiger charge is 2.36. The molecule has 1 amide bonds. The number of carbonyl (C=O) groups is 1. The number of likely N-dealkylation sites (tertiary alicyclic amines) is 1. The van der Waals surface area contributed by atoms with Crippen LogP contribution in [0, 0.1) is 11.8 Å². The number of aliphatic hydroxyl groups excluding tert-OH is 1. The average Bonchev–Trinajstić information content (AvgIpc) is 2.70. The Morgan fingerprint density at radius 1 is 1.50 bits per heavy atom. The van der Waals surface area contributed by atoms with Crippen molar-refractivity contribution in [1.82, 2.24) is 10.2 Å². The quantitative estimate of drug-likeness (QED) is 0.708. The summed E-state index contributed by atoms with van der Waals surface area (Å²) in [6.45, 7) is 4.88. The highest BCUT2D eigenvalue weighted by atomic mass is 16.3. The van der Waals surface area contributed by atoms with E-state index in [0.717, 1.165) is 38.9 Å². The molecule has 2 saturated heterocycles. The standard InChI is InChI=1S/C12H22N2O2/c1-9-4-6-14(11(9)8-15)12(16)10-3-2-5-13-7-10/h9-11,13,15H,2-8H2,1H3/t9?,10-,11?/m1/s1. The van der Waals surface area contributed by atoms with Crippen LogP contribution in [0.5, 0.6) is 0 Å². The Morgan fingerprint density at radius 2 is 2.31 bits per heavy atom. The van der Waals surface area contributed by atoms with Crippen molar-refractivity contribution < 1.29 is 9.90 Å². The van der Waals surface area contributed by atoms with Crippen LogP contribution in [-0.2, 0) is 4.79 Å². The molecule has 0 aliphatic carbocycles. The lowest BCUT2D eigenvalue weighted by Crippen LogP contribution is -2.46. The lowest BCUT2D eigenvalue weighted by molar-refractivity contribution is -0.138. The highest BCUT2D eigenvalue weighted by Crippen LogP contribution is 2.26. The van der Waals surface area contributed by atoms with E-state index in [9.17, 15) is 9.90 Å². The van der Waals surface area contributed by atoms with Gasteiger partial charge in [0.25, 0.3) is 0 Å². The van der Waals surface area contributed by atoms with Gasteiger partial charge in [-0.2, -0.15) is 0 Å². The summed E-state index contributed by atoms with van der Waals surface area (Å²) < 4.78 is 0. The third kappa shape index (κ3) is 2.23. The van der Waals surface area contributed by atoms with Gasteiger partial charge in [-0.05, 0) is 31.7 Å². The number of amides is 1. The molecule has 0 saturated carbocycles. The van der Waals surface area contributed by atoms with Crippen molar-refractivity contribution in [3.05, 3.63) is 0 Å². The summed E-state index contributed by atoms with van der Waals surface area (Å²) in [6, 6.07) is 0.0504. The van der Waals surface area contributed by atoms with Gasteiger partial charge in [0.2, 0.25) is 5.91 Å². The first-order valence-electron chi connectivity index (χ1n) is 6.36. The van der Waals surface area contributed by atoms with Crippen LogP contribution in [0.15, 0.2) is 0 Å². The molecule has 0 spiro atoms. The predicted molar refractivity (Wildman–Crippen MR) is 62.0 cm³/mol. The monoisotopic (exact) mass is 226 g/mol. The minimum Gasteiger partial charge on any atom is -0.394 e. The molecule has 2 heterocycles. The van der Waals surface area contributed by atoms with Crippen molar-refractivity contribution in [3.63, 3.8) is 0 Å². The first-order valence-corrected chi connectivity index (χ1v) is 6.36. The van der Waals surface area contributed by atoms with Gasteiger partial charge in [0.15, 0.2) is 0 Å². The number of aliphatic hydroxyl groups is 1. The van der Waals surface area contributed by atoms with Crippen molar-refractivity contribution in [3.8, 4) is 0 Å². The maximum Gasteiger partial charge on any atom is 0.227 e. The van der Waals surface area contributed by atoms with Crippen LogP contribution in [0.2, 0.25) is 0 Å². The van der Waals surface area contributed by atoms with Gasteiger partial charge in [-0.1, -0.05) is 6.92 Å². The molecule has 2 unspecified atom stereocenters. The maximum absolute atomic E-state index is 12.3. The highest BCUT2D eigenvalue weighted by molar-refractivity contribution is 5.79.